The van der Waals surface area contributed by atoms with Gasteiger partial charge in [0.05, 0.1) is 6.61 Å². The first kappa shape index (κ1) is 22.5. The number of aliphatic imine (C=N–C) groups is 1. The SMILES string of the molecule is CN=C(NCCc1ccc2c(c1)CCO2)NCc1ccccc1CN(C)C.I. The third kappa shape index (κ3) is 6.38. The van der Waals surface area contributed by atoms with Gasteiger partial charge in [0.1, 0.15) is 5.75 Å². The summed E-state index contributed by atoms with van der Waals surface area (Å²) in [6.45, 7) is 3.35. The molecule has 2 aromatic rings. The van der Waals surface area contributed by atoms with Gasteiger partial charge in [-0.1, -0.05) is 36.4 Å². The Bertz CT molecular complexity index is 792. The molecule has 1 aliphatic heterocycles. The normalized spacial score (nSPS) is 12.9. The van der Waals surface area contributed by atoms with E-state index in [1.165, 1.54) is 22.3 Å². The van der Waals surface area contributed by atoms with Gasteiger partial charge >= 0.3 is 0 Å². The Morgan fingerprint density at radius 3 is 2.64 bits per heavy atom. The summed E-state index contributed by atoms with van der Waals surface area (Å²) >= 11 is 0. The first-order chi connectivity index (χ1) is 13.2. The van der Waals surface area contributed by atoms with Crippen LogP contribution in [-0.2, 0) is 25.9 Å². The van der Waals surface area contributed by atoms with Crippen molar-refractivity contribution >= 4 is 29.9 Å². The highest BCUT2D eigenvalue weighted by Gasteiger charge is 2.11. The summed E-state index contributed by atoms with van der Waals surface area (Å²) < 4.78 is 5.57. The van der Waals surface area contributed by atoms with Crippen LogP contribution >= 0.6 is 24.0 Å². The lowest BCUT2D eigenvalue weighted by Crippen LogP contribution is -2.38. The molecule has 0 amide bonds. The highest BCUT2D eigenvalue weighted by atomic mass is 127. The molecule has 2 aromatic carbocycles. The van der Waals surface area contributed by atoms with Gasteiger partial charge in [-0.05, 0) is 48.8 Å². The first-order valence-corrected chi connectivity index (χ1v) is 9.56. The molecule has 1 heterocycles. The van der Waals surface area contributed by atoms with E-state index >= 15 is 0 Å². The minimum absolute atomic E-state index is 0. The van der Waals surface area contributed by atoms with Gasteiger partial charge in [-0.15, -0.1) is 24.0 Å². The van der Waals surface area contributed by atoms with Crippen molar-refractivity contribution in [3.8, 4) is 5.75 Å². The maximum Gasteiger partial charge on any atom is 0.191 e. The minimum atomic E-state index is 0. The number of benzene rings is 2. The predicted molar refractivity (Wildman–Crippen MR) is 127 cm³/mol. The number of guanidine groups is 1. The van der Waals surface area contributed by atoms with Crippen molar-refractivity contribution in [3.05, 3.63) is 64.7 Å². The summed E-state index contributed by atoms with van der Waals surface area (Å²) in [6.07, 6.45) is 1.98. The van der Waals surface area contributed by atoms with Crippen molar-refractivity contribution in [1.82, 2.24) is 15.5 Å². The van der Waals surface area contributed by atoms with E-state index in [2.05, 4.69) is 77.1 Å². The highest BCUT2D eigenvalue weighted by Crippen LogP contribution is 2.25. The summed E-state index contributed by atoms with van der Waals surface area (Å²) in [7, 11) is 6.00. The topological polar surface area (TPSA) is 48.9 Å². The second kappa shape index (κ2) is 11.3. The summed E-state index contributed by atoms with van der Waals surface area (Å²) in [6, 6.07) is 15.0. The molecule has 3 rings (SSSR count). The van der Waals surface area contributed by atoms with Crippen molar-refractivity contribution in [2.45, 2.75) is 25.9 Å². The van der Waals surface area contributed by atoms with Crippen LogP contribution in [0.3, 0.4) is 0 Å². The van der Waals surface area contributed by atoms with Crippen LogP contribution in [-0.4, -0.2) is 45.2 Å². The lowest BCUT2D eigenvalue weighted by molar-refractivity contribution is 0.357. The van der Waals surface area contributed by atoms with Crippen LogP contribution in [0.25, 0.3) is 0 Å². The van der Waals surface area contributed by atoms with Crippen molar-refractivity contribution in [2.75, 3.05) is 34.3 Å². The van der Waals surface area contributed by atoms with Crippen molar-refractivity contribution < 1.29 is 4.74 Å². The smallest absolute Gasteiger partial charge is 0.191 e. The van der Waals surface area contributed by atoms with Gasteiger partial charge < -0.3 is 20.3 Å². The molecule has 0 atom stereocenters. The van der Waals surface area contributed by atoms with Crippen LogP contribution in [0.2, 0.25) is 0 Å². The van der Waals surface area contributed by atoms with Gasteiger partial charge in [-0.2, -0.15) is 0 Å². The second-order valence-corrected chi connectivity index (χ2v) is 7.15. The fourth-order valence-corrected chi connectivity index (χ4v) is 3.35. The molecule has 0 aliphatic carbocycles. The van der Waals surface area contributed by atoms with E-state index in [-0.39, 0.29) is 24.0 Å². The molecule has 0 radical (unpaired) electrons. The number of rotatable bonds is 7. The number of hydrogen-bond acceptors (Lipinski definition) is 3. The fraction of sp³-hybridized carbons (Fsp3) is 0.409. The van der Waals surface area contributed by atoms with E-state index in [1.54, 1.807) is 0 Å². The predicted octanol–water partition coefficient (Wildman–Crippen LogP) is 3.21. The van der Waals surface area contributed by atoms with E-state index < -0.39 is 0 Å². The molecule has 0 spiro atoms. The quantitative estimate of drug-likeness (QED) is 0.353. The standard InChI is InChI=1S/C22H30N4O.HI/c1-23-22(25-15-19-6-4-5-7-20(19)16-26(2)3)24-12-10-17-8-9-21-18(14-17)11-13-27-21;/h4-9,14H,10-13,15-16H2,1-3H3,(H2,23,24,25);1H. The number of ether oxygens (including phenoxy) is 1. The Hall–Kier alpha value is -1.80. The van der Waals surface area contributed by atoms with E-state index in [0.29, 0.717) is 0 Å². The van der Waals surface area contributed by atoms with Crippen molar-refractivity contribution in [1.29, 1.82) is 0 Å². The lowest BCUT2D eigenvalue weighted by atomic mass is 10.1. The number of halogens is 1. The Morgan fingerprint density at radius 1 is 1.11 bits per heavy atom. The average molecular weight is 494 g/mol. The Labute approximate surface area is 185 Å². The van der Waals surface area contributed by atoms with E-state index in [1.807, 2.05) is 7.05 Å². The number of fused-ring (bicyclic) bond motifs is 1. The summed E-state index contributed by atoms with van der Waals surface area (Å²) in [5.74, 6) is 1.87. The molecule has 0 fully saturated rings. The van der Waals surface area contributed by atoms with E-state index in [0.717, 1.165) is 50.8 Å². The van der Waals surface area contributed by atoms with Crippen LogP contribution in [0.1, 0.15) is 22.3 Å². The molecule has 1 aliphatic rings. The van der Waals surface area contributed by atoms with Gasteiger partial charge in [0.25, 0.3) is 0 Å². The number of nitrogens with one attached hydrogen (secondary N) is 2. The van der Waals surface area contributed by atoms with Crippen molar-refractivity contribution in [2.24, 2.45) is 4.99 Å². The zero-order valence-electron chi connectivity index (χ0n) is 17.0. The van der Waals surface area contributed by atoms with Crippen molar-refractivity contribution in [3.63, 3.8) is 0 Å². The van der Waals surface area contributed by atoms with Crippen LogP contribution in [0, 0.1) is 0 Å². The first-order valence-electron chi connectivity index (χ1n) is 9.56. The second-order valence-electron chi connectivity index (χ2n) is 7.15. The molecule has 2 N–H and O–H groups in total. The third-order valence-corrected chi connectivity index (χ3v) is 4.73. The molecule has 5 nitrogen and oxygen atoms in total. The Kier molecular flexibility index (Phi) is 9.05. The highest BCUT2D eigenvalue weighted by molar-refractivity contribution is 14.0. The number of nitrogens with zero attached hydrogens (tertiary/aromatic N) is 2. The average Bonchev–Trinajstić information content (AvgIpc) is 3.13. The largest absolute Gasteiger partial charge is 0.493 e. The van der Waals surface area contributed by atoms with E-state index in [9.17, 15) is 0 Å². The maximum atomic E-state index is 5.57. The molecule has 0 saturated carbocycles. The third-order valence-electron chi connectivity index (χ3n) is 4.73. The molecular weight excluding hydrogens is 463 g/mol. The molecule has 0 saturated heterocycles. The zero-order valence-corrected chi connectivity index (χ0v) is 19.3. The summed E-state index contributed by atoms with van der Waals surface area (Å²) in [4.78, 5) is 6.53. The molecule has 0 bridgehead atoms. The zero-order chi connectivity index (χ0) is 19.1. The van der Waals surface area contributed by atoms with Crippen LogP contribution < -0.4 is 15.4 Å². The van der Waals surface area contributed by atoms with Gasteiger partial charge in [-0.25, -0.2) is 0 Å². The van der Waals surface area contributed by atoms with Crippen LogP contribution in [0.4, 0.5) is 0 Å². The molecule has 152 valence electrons. The van der Waals surface area contributed by atoms with Crippen LogP contribution in [0.5, 0.6) is 5.75 Å². The Morgan fingerprint density at radius 2 is 1.89 bits per heavy atom. The Balaban J connectivity index is 0.00000280. The molecule has 28 heavy (non-hydrogen) atoms. The van der Waals surface area contributed by atoms with Gasteiger partial charge in [0, 0.05) is 33.1 Å². The fourth-order valence-electron chi connectivity index (χ4n) is 3.35. The summed E-state index contributed by atoms with van der Waals surface area (Å²) in [5.41, 5.74) is 5.30. The van der Waals surface area contributed by atoms with Crippen LogP contribution in [0.15, 0.2) is 47.5 Å². The monoisotopic (exact) mass is 494 g/mol. The maximum absolute atomic E-state index is 5.57. The van der Waals surface area contributed by atoms with Gasteiger partial charge in [-0.3, -0.25) is 4.99 Å². The molecule has 6 heteroatoms. The lowest BCUT2D eigenvalue weighted by Gasteiger charge is -2.16. The van der Waals surface area contributed by atoms with Gasteiger partial charge in [0.15, 0.2) is 5.96 Å². The minimum Gasteiger partial charge on any atom is -0.493 e. The molecular formula is C22H31IN4O. The van der Waals surface area contributed by atoms with E-state index in [4.69, 9.17) is 4.74 Å². The number of hydrogen-bond donors (Lipinski definition) is 2. The molecule has 0 unspecified atom stereocenters. The summed E-state index contributed by atoms with van der Waals surface area (Å²) in [5, 5.41) is 6.84. The molecule has 0 aromatic heterocycles. The van der Waals surface area contributed by atoms with Gasteiger partial charge in [0.2, 0.25) is 0 Å².